The number of rotatable bonds is 0. The van der Waals surface area contributed by atoms with Gasteiger partial charge in [-0.15, -0.1) is 0 Å². The number of pyridine rings is 1. The molecule has 0 aliphatic heterocycles. The zero-order valence-electron chi connectivity index (χ0n) is 7.48. The van der Waals surface area contributed by atoms with Gasteiger partial charge in [0.25, 0.3) is 0 Å². The van der Waals surface area contributed by atoms with Gasteiger partial charge in [-0.25, -0.2) is 9.97 Å². The van der Waals surface area contributed by atoms with Crippen molar-refractivity contribution in [2.75, 3.05) is 0 Å². The Morgan fingerprint density at radius 3 is 2.85 bits per heavy atom. The molecule has 2 aromatic heterocycles. The molecule has 0 fully saturated rings. The van der Waals surface area contributed by atoms with Crippen LogP contribution in [-0.2, 0) is 7.05 Å². The lowest BCUT2D eigenvalue weighted by Gasteiger charge is -2.03. The molecule has 0 unspecified atom stereocenters. The van der Waals surface area contributed by atoms with Crippen molar-refractivity contribution in [2.45, 2.75) is 6.92 Å². The Balaban J connectivity index is 3.09. The van der Waals surface area contributed by atoms with Gasteiger partial charge in [-0.1, -0.05) is 0 Å². The molecule has 0 spiro atoms. The van der Waals surface area contributed by atoms with Crippen LogP contribution in [0.1, 0.15) is 5.69 Å². The molecule has 0 bridgehead atoms. The van der Waals surface area contributed by atoms with Gasteiger partial charge in [0.1, 0.15) is 12.0 Å². The molecule has 0 radical (unpaired) electrons. The Morgan fingerprint density at radius 2 is 2.15 bits per heavy atom. The third kappa shape index (κ3) is 1.11. The van der Waals surface area contributed by atoms with Gasteiger partial charge >= 0.3 is 0 Å². The summed E-state index contributed by atoms with van der Waals surface area (Å²) in [5.41, 5.74) is 1.39. The molecule has 4 heteroatoms. The van der Waals surface area contributed by atoms with Crippen molar-refractivity contribution in [3.63, 3.8) is 0 Å². The van der Waals surface area contributed by atoms with E-state index >= 15 is 0 Å². The molecule has 2 aromatic rings. The molecule has 0 aromatic carbocycles. The molecule has 0 aliphatic carbocycles. The molecule has 0 atom stereocenters. The molecule has 4 nitrogen and oxygen atoms in total. The van der Waals surface area contributed by atoms with Crippen LogP contribution in [0.15, 0.2) is 23.4 Å². The van der Waals surface area contributed by atoms with Crippen LogP contribution >= 0.6 is 0 Å². The first-order chi connectivity index (χ1) is 6.20. The first-order valence-electron chi connectivity index (χ1n) is 3.97. The lowest BCUT2D eigenvalue weighted by molar-refractivity contribution is 0.918. The Labute approximate surface area is 74.9 Å². The fourth-order valence-corrected chi connectivity index (χ4v) is 1.35. The maximum Gasteiger partial charge on any atom is 0.192 e. The van der Waals surface area contributed by atoms with Crippen molar-refractivity contribution in [3.8, 4) is 0 Å². The van der Waals surface area contributed by atoms with Gasteiger partial charge in [0, 0.05) is 19.3 Å². The average molecular weight is 175 g/mol. The second-order valence-corrected chi connectivity index (χ2v) is 2.95. The maximum absolute atomic E-state index is 11.5. The summed E-state index contributed by atoms with van der Waals surface area (Å²) >= 11 is 0. The van der Waals surface area contributed by atoms with E-state index in [1.807, 2.05) is 18.5 Å². The summed E-state index contributed by atoms with van der Waals surface area (Å²) < 4.78 is 1.81. The molecule has 0 aliphatic rings. The molecule has 0 saturated heterocycles. The number of hydrogen-bond acceptors (Lipinski definition) is 3. The summed E-state index contributed by atoms with van der Waals surface area (Å²) in [4.78, 5) is 19.5. The van der Waals surface area contributed by atoms with Crippen molar-refractivity contribution >= 4 is 11.0 Å². The quantitative estimate of drug-likeness (QED) is 0.590. The number of hydrogen-bond donors (Lipinski definition) is 0. The van der Waals surface area contributed by atoms with Crippen LogP contribution in [0.5, 0.6) is 0 Å². The van der Waals surface area contributed by atoms with Gasteiger partial charge in [0.05, 0.1) is 11.1 Å². The smallest absolute Gasteiger partial charge is 0.192 e. The second kappa shape index (κ2) is 2.65. The first kappa shape index (κ1) is 7.91. The standard InChI is InChI=1S/C9H9N3O/c1-6-8-7(13)3-4-12(2)9(8)11-5-10-6/h3-5H,1-2H3. The summed E-state index contributed by atoms with van der Waals surface area (Å²) in [6.07, 6.45) is 3.17. The minimum atomic E-state index is -0.0220. The van der Waals surface area contributed by atoms with Gasteiger partial charge in [-0.3, -0.25) is 4.79 Å². The lowest BCUT2D eigenvalue weighted by Crippen LogP contribution is -2.08. The largest absolute Gasteiger partial charge is 0.335 e. The third-order valence-electron chi connectivity index (χ3n) is 2.05. The highest BCUT2D eigenvalue weighted by Gasteiger charge is 2.04. The van der Waals surface area contributed by atoms with E-state index < -0.39 is 0 Å². The van der Waals surface area contributed by atoms with Gasteiger partial charge in [-0.2, -0.15) is 0 Å². The predicted molar refractivity (Wildman–Crippen MR) is 49.5 cm³/mol. The van der Waals surface area contributed by atoms with E-state index in [1.54, 1.807) is 6.20 Å². The first-order valence-corrected chi connectivity index (χ1v) is 3.97. The van der Waals surface area contributed by atoms with E-state index in [9.17, 15) is 4.79 Å². The zero-order chi connectivity index (χ0) is 9.42. The molecule has 0 amide bonds. The minimum absolute atomic E-state index is 0.0220. The van der Waals surface area contributed by atoms with Crippen LogP contribution in [0.25, 0.3) is 11.0 Å². The van der Waals surface area contributed by atoms with Crippen molar-refractivity contribution in [3.05, 3.63) is 34.5 Å². The summed E-state index contributed by atoms with van der Waals surface area (Å²) in [5, 5.41) is 0.604. The highest BCUT2D eigenvalue weighted by molar-refractivity contribution is 5.76. The van der Waals surface area contributed by atoms with Gasteiger partial charge in [0.2, 0.25) is 0 Å². The second-order valence-electron chi connectivity index (χ2n) is 2.95. The fourth-order valence-electron chi connectivity index (χ4n) is 1.35. The van der Waals surface area contributed by atoms with Crippen LogP contribution in [-0.4, -0.2) is 14.5 Å². The van der Waals surface area contributed by atoms with E-state index in [0.29, 0.717) is 11.0 Å². The van der Waals surface area contributed by atoms with Crippen LogP contribution in [0, 0.1) is 6.92 Å². The molecular weight excluding hydrogens is 166 g/mol. The summed E-state index contributed by atoms with van der Waals surface area (Å²) in [7, 11) is 1.86. The van der Waals surface area contributed by atoms with Crippen molar-refractivity contribution in [1.82, 2.24) is 14.5 Å². The SMILES string of the molecule is Cc1ncnc2c1c(=O)ccn2C. The Bertz CT molecular complexity index is 516. The monoisotopic (exact) mass is 175 g/mol. The fraction of sp³-hybridized carbons (Fsp3) is 0.222. The topological polar surface area (TPSA) is 47.8 Å². The lowest BCUT2D eigenvalue weighted by atomic mass is 10.2. The minimum Gasteiger partial charge on any atom is -0.335 e. The maximum atomic E-state index is 11.5. The Morgan fingerprint density at radius 1 is 1.38 bits per heavy atom. The van der Waals surface area contributed by atoms with Crippen LogP contribution in [0.3, 0.4) is 0 Å². The van der Waals surface area contributed by atoms with Crippen molar-refractivity contribution < 1.29 is 0 Å². The number of nitrogens with zero attached hydrogens (tertiary/aromatic N) is 3. The van der Waals surface area contributed by atoms with Crippen LogP contribution < -0.4 is 5.43 Å². The van der Waals surface area contributed by atoms with E-state index in [-0.39, 0.29) is 5.43 Å². The Kier molecular flexibility index (Phi) is 1.62. The summed E-state index contributed by atoms with van der Waals surface area (Å²) in [6, 6.07) is 1.53. The van der Waals surface area contributed by atoms with Crippen molar-refractivity contribution in [1.29, 1.82) is 0 Å². The molecular formula is C9H9N3O. The molecule has 2 rings (SSSR count). The van der Waals surface area contributed by atoms with Gasteiger partial charge < -0.3 is 4.57 Å². The molecule has 0 N–H and O–H groups in total. The normalized spacial score (nSPS) is 10.6. The zero-order valence-corrected chi connectivity index (χ0v) is 7.48. The highest BCUT2D eigenvalue weighted by atomic mass is 16.1. The van der Waals surface area contributed by atoms with Crippen LogP contribution in [0.2, 0.25) is 0 Å². The average Bonchev–Trinajstić information content (AvgIpc) is 2.12. The van der Waals surface area contributed by atoms with E-state index in [0.717, 1.165) is 5.69 Å². The number of fused-ring (bicyclic) bond motifs is 1. The number of aryl methyl sites for hydroxylation is 2. The summed E-state index contributed by atoms with van der Waals surface area (Å²) in [6.45, 7) is 1.81. The molecule has 2 heterocycles. The molecule has 66 valence electrons. The Hall–Kier alpha value is -1.71. The number of aromatic nitrogens is 3. The van der Waals surface area contributed by atoms with E-state index in [2.05, 4.69) is 9.97 Å². The van der Waals surface area contributed by atoms with E-state index in [4.69, 9.17) is 0 Å². The predicted octanol–water partition coefficient (Wildman–Crippen LogP) is 0.637. The third-order valence-corrected chi connectivity index (χ3v) is 2.05. The van der Waals surface area contributed by atoms with Crippen molar-refractivity contribution in [2.24, 2.45) is 7.05 Å². The highest BCUT2D eigenvalue weighted by Crippen LogP contribution is 2.06. The molecule has 0 saturated carbocycles. The van der Waals surface area contributed by atoms with Gasteiger partial charge in [0.15, 0.2) is 5.43 Å². The van der Waals surface area contributed by atoms with E-state index in [1.165, 1.54) is 12.4 Å². The van der Waals surface area contributed by atoms with Crippen LogP contribution in [0.4, 0.5) is 0 Å². The summed E-state index contributed by atoms with van der Waals surface area (Å²) in [5.74, 6) is 0. The molecule has 13 heavy (non-hydrogen) atoms. The van der Waals surface area contributed by atoms with Gasteiger partial charge in [-0.05, 0) is 6.92 Å².